The van der Waals surface area contributed by atoms with Gasteiger partial charge < -0.3 is 9.47 Å². The molecule has 0 aromatic heterocycles. The zero-order valence-electron chi connectivity index (χ0n) is 19.0. The highest BCUT2D eigenvalue weighted by molar-refractivity contribution is 8.18. The Morgan fingerprint density at radius 3 is 1.75 bits per heavy atom. The molecule has 0 aromatic carbocycles. The number of Topliss-reactive ketones (excluding diaryl/α,β-unsaturated/α-hetero) is 1. The van der Waals surface area contributed by atoms with Gasteiger partial charge >= 0.3 is 11.9 Å². The van der Waals surface area contributed by atoms with Crippen molar-refractivity contribution >= 4 is 29.1 Å². The second-order valence-corrected chi connectivity index (χ2v) is 8.55. The van der Waals surface area contributed by atoms with E-state index in [0.29, 0.717) is 30.2 Å². The number of hydrogen-bond donors (Lipinski definition) is 0. The molecule has 0 aromatic rings. The number of hydrogen-bond acceptors (Lipinski definition) is 6. The summed E-state index contributed by atoms with van der Waals surface area (Å²) in [4.78, 5) is 32.7. The van der Waals surface area contributed by atoms with E-state index in [2.05, 4.69) is 4.74 Å². The first-order valence-electron chi connectivity index (χ1n) is 10.7. The minimum absolute atomic E-state index is 0.0648. The van der Waals surface area contributed by atoms with Crippen molar-refractivity contribution in [2.75, 3.05) is 26.3 Å². The highest BCUT2D eigenvalue weighted by Gasteiger charge is 2.43. The van der Waals surface area contributed by atoms with Gasteiger partial charge in [0.1, 0.15) is 5.78 Å². The molecule has 2 atom stereocenters. The molecule has 32 heavy (non-hydrogen) atoms. The van der Waals surface area contributed by atoms with Crippen LogP contribution in [0.25, 0.3) is 0 Å². The van der Waals surface area contributed by atoms with E-state index in [1.54, 1.807) is 13.8 Å². The minimum Gasteiger partial charge on any atom is -0.466 e. The van der Waals surface area contributed by atoms with Crippen LogP contribution in [-0.4, -0.2) is 54.3 Å². The van der Waals surface area contributed by atoms with Gasteiger partial charge in [0.2, 0.25) is 5.92 Å². The molecule has 0 aliphatic heterocycles. The Kier molecular flexibility index (Phi) is 14.0. The van der Waals surface area contributed by atoms with Crippen LogP contribution in [0.3, 0.4) is 0 Å². The summed E-state index contributed by atoms with van der Waals surface area (Å²) in [6, 6.07) is 0. The lowest BCUT2D eigenvalue weighted by Gasteiger charge is -2.23. The van der Waals surface area contributed by atoms with Crippen molar-refractivity contribution in [3.63, 3.8) is 0 Å². The molecular weight excluding hydrogens is 461 g/mol. The van der Waals surface area contributed by atoms with Gasteiger partial charge in [-0.05, 0) is 26.7 Å². The summed E-state index contributed by atoms with van der Waals surface area (Å²) in [5.74, 6) is -3.89. The Balaban J connectivity index is 0.000000456. The summed E-state index contributed by atoms with van der Waals surface area (Å²) in [5.41, 5.74) is 0. The van der Waals surface area contributed by atoms with E-state index in [4.69, 9.17) is 4.74 Å². The monoisotopic (exact) mass is 495 g/mol. The fourth-order valence-electron chi connectivity index (χ4n) is 3.20. The maximum atomic E-state index is 12.6. The van der Waals surface area contributed by atoms with Gasteiger partial charge in [0.25, 0.3) is 11.4 Å². The van der Waals surface area contributed by atoms with E-state index >= 15 is 0 Å². The molecule has 0 spiro atoms. The number of nitrogens with zero attached hydrogens (tertiary/aromatic N) is 1. The van der Waals surface area contributed by atoms with Gasteiger partial charge in [0.05, 0.1) is 25.0 Å². The number of alkyl halides is 2. The van der Waals surface area contributed by atoms with Crippen molar-refractivity contribution in [1.82, 2.24) is 4.31 Å². The van der Waals surface area contributed by atoms with Gasteiger partial charge in [-0.1, -0.05) is 13.8 Å². The first-order chi connectivity index (χ1) is 14.8. The molecule has 2 aliphatic carbocycles. The molecule has 0 saturated heterocycles. The zero-order chi connectivity index (χ0) is 24.9. The molecule has 2 fully saturated rings. The van der Waals surface area contributed by atoms with Crippen LogP contribution < -0.4 is 0 Å². The van der Waals surface area contributed by atoms with Crippen molar-refractivity contribution in [1.29, 1.82) is 0 Å². The maximum absolute atomic E-state index is 12.6. The SMILES string of the molecule is CCN(CC)S(F)(F)F.CCOC(=O)C1CCC(=O)C1.CCOC(=O)C1CCC(F)(F)C1. The fourth-order valence-corrected chi connectivity index (χ4v) is 3.79. The van der Waals surface area contributed by atoms with E-state index < -0.39 is 29.2 Å². The minimum atomic E-state index is -4.93. The van der Waals surface area contributed by atoms with Gasteiger partial charge in [0, 0.05) is 38.8 Å². The van der Waals surface area contributed by atoms with Crippen molar-refractivity contribution in [3.8, 4) is 0 Å². The molecule has 2 saturated carbocycles. The van der Waals surface area contributed by atoms with Crippen LogP contribution in [0.15, 0.2) is 0 Å². The van der Waals surface area contributed by atoms with Gasteiger partial charge in [-0.25, -0.2) is 8.78 Å². The summed E-state index contributed by atoms with van der Waals surface area (Å²) in [6.07, 6.45) is 1.34. The molecule has 2 unspecified atom stereocenters. The number of halogens is 5. The van der Waals surface area contributed by atoms with E-state index in [1.807, 2.05) is 0 Å². The highest BCUT2D eigenvalue weighted by atomic mass is 32.3. The molecule has 0 bridgehead atoms. The summed E-state index contributed by atoms with van der Waals surface area (Å²) in [7, 11) is 0. The molecule has 0 amide bonds. The number of esters is 2. The van der Waals surface area contributed by atoms with Crippen molar-refractivity contribution in [2.24, 2.45) is 11.8 Å². The zero-order valence-corrected chi connectivity index (χ0v) is 19.8. The van der Waals surface area contributed by atoms with Gasteiger partial charge in [-0.15, -0.1) is 11.7 Å². The van der Waals surface area contributed by atoms with E-state index in [1.165, 1.54) is 13.8 Å². The predicted molar refractivity (Wildman–Crippen MR) is 112 cm³/mol. The number of carbonyl (C=O) groups is 3. The Morgan fingerprint density at radius 2 is 1.47 bits per heavy atom. The average molecular weight is 496 g/mol. The molecule has 6 nitrogen and oxygen atoms in total. The largest absolute Gasteiger partial charge is 0.466 e. The van der Waals surface area contributed by atoms with Gasteiger partial charge in [-0.3, -0.25) is 14.4 Å². The van der Waals surface area contributed by atoms with E-state index in [-0.39, 0.29) is 56.6 Å². The summed E-state index contributed by atoms with van der Waals surface area (Å²) in [6.45, 7) is 7.25. The quantitative estimate of drug-likeness (QED) is 0.338. The first kappa shape index (κ1) is 30.6. The first-order valence-corrected chi connectivity index (χ1v) is 12.0. The fraction of sp³-hybridized carbons (Fsp3) is 0.850. The third kappa shape index (κ3) is 12.0. The predicted octanol–water partition coefficient (Wildman–Crippen LogP) is 5.60. The number of rotatable bonds is 7. The highest BCUT2D eigenvalue weighted by Crippen LogP contribution is 2.56. The maximum Gasteiger partial charge on any atom is 0.309 e. The van der Waals surface area contributed by atoms with Crippen LogP contribution in [0.1, 0.15) is 66.2 Å². The molecule has 0 N–H and O–H groups in total. The van der Waals surface area contributed by atoms with Crippen LogP contribution in [0, 0.1) is 11.8 Å². The summed E-state index contributed by atoms with van der Waals surface area (Å²) >= 11 is -4.93. The molecule has 190 valence electrons. The summed E-state index contributed by atoms with van der Waals surface area (Å²) in [5, 5.41) is 0. The third-order valence-corrected chi connectivity index (χ3v) is 5.99. The van der Waals surface area contributed by atoms with Crippen LogP contribution >= 0.6 is 11.4 Å². The molecule has 2 aliphatic rings. The molecule has 0 radical (unpaired) electrons. The van der Waals surface area contributed by atoms with Crippen LogP contribution in [0.5, 0.6) is 0 Å². The third-order valence-electron chi connectivity index (χ3n) is 4.89. The standard InChI is InChI=1S/C8H12F2O2.C8H12O3.C4H10F3NS/c1-2-12-7(11)6-3-4-8(9,10)5-6;1-2-11-8(10)6-3-4-7(9)5-6;1-3-8(4-2)9(5,6)7/h6H,2-5H2,1H3;6H,2-5H2,1H3;3-4H2,1-2H3. The molecule has 12 heteroatoms. The van der Waals surface area contributed by atoms with E-state index in [0.717, 1.165) is 0 Å². The normalized spacial score (nSPS) is 22.4. The lowest BCUT2D eigenvalue weighted by atomic mass is 10.1. The van der Waals surface area contributed by atoms with Crippen LogP contribution in [0.4, 0.5) is 20.4 Å². The Hall–Kier alpha value is -1.43. The molecule has 2 rings (SSSR count). The second-order valence-electron chi connectivity index (χ2n) is 7.27. The lowest BCUT2D eigenvalue weighted by Crippen LogP contribution is -2.19. The lowest BCUT2D eigenvalue weighted by molar-refractivity contribution is -0.149. The topological polar surface area (TPSA) is 72.9 Å². The smallest absolute Gasteiger partial charge is 0.309 e. The van der Waals surface area contributed by atoms with Crippen molar-refractivity contribution in [2.45, 2.75) is 72.1 Å². The second kappa shape index (κ2) is 14.7. The molecule has 0 heterocycles. The van der Waals surface area contributed by atoms with Gasteiger partial charge in [0.15, 0.2) is 0 Å². The number of carbonyl (C=O) groups excluding carboxylic acids is 3. The van der Waals surface area contributed by atoms with E-state index in [9.17, 15) is 34.8 Å². The van der Waals surface area contributed by atoms with Crippen molar-refractivity contribution < 1.29 is 44.3 Å². The van der Waals surface area contributed by atoms with Crippen LogP contribution in [-0.2, 0) is 23.9 Å². The van der Waals surface area contributed by atoms with Crippen molar-refractivity contribution in [3.05, 3.63) is 0 Å². The van der Waals surface area contributed by atoms with Gasteiger partial charge in [-0.2, -0.15) is 4.31 Å². The summed E-state index contributed by atoms with van der Waals surface area (Å²) < 4.78 is 70.3. The van der Waals surface area contributed by atoms with Crippen LogP contribution in [0.2, 0.25) is 0 Å². The number of ether oxygens (including phenoxy) is 2. The Morgan fingerprint density at radius 1 is 0.969 bits per heavy atom. The average Bonchev–Trinajstić information content (AvgIpc) is 3.28. The Labute approximate surface area is 188 Å². The molecular formula is C20H34F5NO5S. The Bertz CT molecular complexity index is 599. The number of ketones is 1.